The minimum absolute atomic E-state index is 0.302. The van der Waals surface area contributed by atoms with E-state index < -0.39 is 0 Å². The molecular formula is C17H20N2O2. The van der Waals surface area contributed by atoms with Crippen LogP contribution in [0.3, 0.4) is 0 Å². The number of ether oxygens (including phenoxy) is 2. The Hall–Kier alpha value is -2.07. The molecule has 1 aromatic heterocycles. The van der Waals surface area contributed by atoms with Gasteiger partial charge in [0, 0.05) is 18.4 Å². The van der Waals surface area contributed by atoms with Crippen LogP contribution in [0.1, 0.15) is 24.1 Å². The average molecular weight is 284 g/mol. The number of rotatable bonds is 5. The molecule has 4 heteroatoms. The molecule has 1 aliphatic rings. The third kappa shape index (κ3) is 3.52. The van der Waals surface area contributed by atoms with Gasteiger partial charge in [-0.2, -0.15) is 0 Å². The third-order valence-corrected chi connectivity index (χ3v) is 3.66. The number of aromatic nitrogens is 1. The van der Waals surface area contributed by atoms with Gasteiger partial charge in [0.2, 0.25) is 0 Å². The zero-order chi connectivity index (χ0) is 14.5. The lowest BCUT2D eigenvalue weighted by atomic mass is 10.1. The van der Waals surface area contributed by atoms with E-state index in [9.17, 15) is 0 Å². The highest BCUT2D eigenvalue weighted by Crippen LogP contribution is 2.30. The van der Waals surface area contributed by atoms with Gasteiger partial charge in [-0.1, -0.05) is 12.1 Å². The molecule has 4 nitrogen and oxygen atoms in total. The molecular weight excluding hydrogens is 264 g/mol. The first-order valence-corrected chi connectivity index (χ1v) is 7.35. The number of hydrogen-bond donors (Lipinski definition) is 1. The lowest BCUT2D eigenvalue weighted by Crippen LogP contribution is -2.21. The van der Waals surface area contributed by atoms with Crippen LogP contribution in [0.15, 0.2) is 42.7 Å². The first-order valence-electron chi connectivity index (χ1n) is 7.35. The van der Waals surface area contributed by atoms with Crippen LogP contribution < -0.4 is 14.8 Å². The molecule has 0 radical (unpaired) electrons. The van der Waals surface area contributed by atoms with Crippen LogP contribution in [0, 0.1) is 0 Å². The quantitative estimate of drug-likeness (QED) is 0.917. The second kappa shape index (κ2) is 6.59. The molecule has 110 valence electrons. The lowest BCUT2D eigenvalue weighted by molar-refractivity contribution is 0.171. The fourth-order valence-corrected chi connectivity index (χ4v) is 2.43. The zero-order valence-corrected chi connectivity index (χ0v) is 12.2. The number of nitrogens with zero attached hydrogens (tertiary/aromatic N) is 1. The predicted molar refractivity (Wildman–Crippen MR) is 81.8 cm³/mol. The fourth-order valence-electron chi connectivity index (χ4n) is 2.43. The number of hydrogen-bond acceptors (Lipinski definition) is 4. The van der Waals surface area contributed by atoms with E-state index in [0.717, 1.165) is 24.5 Å². The molecule has 1 N–H and O–H groups in total. The van der Waals surface area contributed by atoms with Crippen LogP contribution in [0.25, 0.3) is 0 Å². The normalized spacial score (nSPS) is 14.7. The van der Waals surface area contributed by atoms with Gasteiger partial charge in [-0.05, 0) is 49.2 Å². The van der Waals surface area contributed by atoms with Crippen molar-refractivity contribution in [2.45, 2.75) is 19.4 Å². The van der Waals surface area contributed by atoms with Gasteiger partial charge < -0.3 is 14.8 Å². The number of benzene rings is 1. The largest absolute Gasteiger partial charge is 0.486 e. The minimum Gasteiger partial charge on any atom is -0.486 e. The highest BCUT2D eigenvalue weighted by molar-refractivity contribution is 5.43. The zero-order valence-electron chi connectivity index (χ0n) is 12.2. The Morgan fingerprint density at radius 2 is 2.05 bits per heavy atom. The molecule has 0 saturated heterocycles. The van der Waals surface area contributed by atoms with Gasteiger partial charge in [-0.3, -0.25) is 4.98 Å². The van der Waals surface area contributed by atoms with Crippen LogP contribution in [0.2, 0.25) is 0 Å². The Morgan fingerprint density at radius 3 is 2.86 bits per heavy atom. The third-order valence-electron chi connectivity index (χ3n) is 3.66. The van der Waals surface area contributed by atoms with E-state index >= 15 is 0 Å². The molecule has 2 heterocycles. The Balaban J connectivity index is 1.53. The van der Waals surface area contributed by atoms with E-state index in [-0.39, 0.29) is 0 Å². The molecule has 0 bridgehead atoms. The molecule has 21 heavy (non-hydrogen) atoms. The summed E-state index contributed by atoms with van der Waals surface area (Å²) in [6.45, 7) is 4.33. The summed E-state index contributed by atoms with van der Waals surface area (Å²) in [5.41, 5.74) is 2.46. The number of nitrogens with one attached hydrogen (secondary N) is 1. The maximum atomic E-state index is 5.61. The van der Waals surface area contributed by atoms with Crippen molar-refractivity contribution < 1.29 is 9.47 Å². The first-order chi connectivity index (χ1) is 10.3. The molecule has 1 aliphatic heterocycles. The summed E-state index contributed by atoms with van der Waals surface area (Å²) < 4.78 is 11.1. The maximum Gasteiger partial charge on any atom is 0.161 e. The van der Waals surface area contributed by atoms with Crippen molar-refractivity contribution in [1.82, 2.24) is 10.3 Å². The summed E-state index contributed by atoms with van der Waals surface area (Å²) in [5, 5.41) is 3.52. The minimum atomic E-state index is 0.302. The molecule has 3 rings (SSSR count). The van der Waals surface area contributed by atoms with E-state index in [1.54, 1.807) is 6.20 Å². The monoisotopic (exact) mass is 284 g/mol. The van der Waals surface area contributed by atoms with E-state index in [1.807, 2.05) is 18.3 Å². The summed E-state index contributed by atoms with van der Waals surface area (Å²) >= 11 is 0. The highest BCUT2D eigenvalue weighted by Gasteiger charge is 2.11. The van der Waals surface area contributed by atoms with Crippen LogP contribution in [-0.2, 0) is 6.42 Å². The number of pyridine rings is 1. The summed E-state index contributed by atoms with van der Waals surface area (Å²) in [6, 6.07) is 10.5. The molecule has 1 atom stereocenters. The second-order valence-electron chi connectivity index (χ2n) is 5.19. The van der Waals surface area contributed by atoms with Gasteiger partial charge in [0.25, 0.3) is 0 Å². The van der Waals surface area contributed by atoms with Crippen LogP contribution in [0.4, 0.5) is 0 Å². The van der Waals surface area contributed by atoms with Crippen molar-refractivity contribution in [1.29, 1.82) is 0 Å². The highest BCUT2D eigenvalue weighted by atomic mass is 16.6. The summed E-state index contributed by atoms with van der Waals surface area (Å²) in [7, 11) is 0. The van der Waals surface area contributed by atoms with Crippen molar-refractivity contribution in [3.8, 4) is 11.5 Å². The maximum absolute atomic E-state index is 5.61. The van der Waals surface area contributed by atoms with Crippen molar-refractivity contribution in [2.24, 2.45) is 0 Å². The Bertz CT molecular complexity index is 587. The van der Waals surface area contributed by atoms with Crippen molar-refractivity contribution in [3.05, 3.63) is 53.9 Å². The first kappa shape index (κ1) is 13.9. The Kier molecular flexibility index (Phi) is 4.36. The molecule has 0 aliphatic carbocycles. The fraction of sp³-hybridized carbons (Fsp3) is 0.353. The van der Waals surface area contributed by atoms with Crippen molar-refractivity contribution >= 4 is 0 Å². The van der Waals surface area contributed by atoms with Crippen molar-refractivity contribution in [3.63, 3.8) is 0 Å². The van der Waals surface area contributed by atoms with Gasteiger partial charge in [-0.25, -0.2) is 0 Å². The molecule has 0 amide bonds. The summed E-state index contributed by atoms with van der Waals surface area (Å²) in [6.07, 6.45) is 4.66. The van der Waals surface area contributed by atoms with Gasteiger partial charge in [0.15, 0.2) is 11.5 Å². The van der Waals surface area contributed by atoms with Crippen LogP contribution >= 0.6 is 0 Å². The SMILES string of the molecule is CC(NCCc1ccc2c(c1)OCCO2)c1cccnc1. The van der Waals surface area contributed by atoms with E-state index in [1.165, 1.54) is 11.1 Å². The van der Waals surface area contributed by atoms with Gasteiger partial charge in [-0.15, -0.1) is 0 Å². The van der Waals surface area contributed by atoms with E-state index in [0.29, 0.717) is 19.3 Å². The standard InChI is InChI=1S/C17H20N2O2/c1-13(15-3-2-7-18-12-15)19-8-6-14-4-5-16-17(11-14)21-10-9-20-16/h2-5,7,11-13,19H,6,8-10H2,1H3. The Morgan fingerprint density at radius 1 is 1.19 bits per heavy atom. The molecule has 0 spiro atoms. The van der Waals surface area contributed by atoms with Gasteiger partial charge in [0.1, 0.15) is 13.2 Å². The molecule has 0 fully saturated rings. The predicted octanol–water partition coefficient (Wildman–Crippen LogP) is 2.75. The average Bonchev–Trinajstić information content (AvgIpc) is 2.55. The van der Waals surface area contributed by atoms with Crippen molar-refractivity contribution in [2.75, 3.05) is 19.8 Å². The molecule has 0 saturated carbocycles. The molecule has 1 unspecified atom stereocenters. The topological polar surface area (TPSA) is 43.4 Å². The molecule has 1 aromatic carbocycles. The van der Waals surface area contributed by atoms with E-state index in [4.69, 9.17) is 9.47 Å². The van der Waals surface area contributed by atoms with Gasteiger partial charge >= 0.3 is 0 Å². The summed E-state index contributed by atoms with van der Waals surface area (Å²) in [4.78, 5) is 4.15. The Labute approximate surface area is 125 Å². The second-order valence-corrected chi connectivity index (χ2v) is 5.19. The lowest BCUT2D eigenvalue weighted by Gasteiger charge is -2.19. The smallest absolute Gasteiger partial charge is 0.161 e. The molecule has 2 aromatic rings. The number of fused-ring (bicyclic) bond motifs is 1. The summed E-state index contributed by atoms with van der Waals surface area (Å²) in [5.74, 6) is 1.71. The van der Waals surface area contributed by atoms with Crippen LogP contribution in [0.5, 0.6) is 11.5 Å². The van der Waals surface area contributed by atoms with Gasteiger partial charge in [0.05, 0.1) is 0 Å². The van der Waals surface area contributed by atoms with E-state index in [2.05, 4.69) is 35.4 Å². The van der Waals surface area contributed by atoms with Crippen LogP contribution in [-0.4, -0.2) is 24.7 Å².